The van der Waals surface area contributed by atoms with Crippen LogP contribution in [0.1, 0.15) is 32.6 Å². The lowest BCUT2D eigenvalue weighted by Crippen LogP contribution is -2.69. The second-order valence-corrected chi connectivity index (χ2v) is 18.7. The molecule has 22 aliphatic rings. The summed E-state index contributed by atoms with van der Waals surface area (Å²) in [6.45, 7) is -3.84. The van der Waals surface area contributed by atoms with Crippen LogP contribution in [0.15, 0.2) is 0 Å². The maximum absolute atomic E-state index is 11.8. The Kier molecular flexibility index (Phi) is 21.1. The van der Waals surface area contributed by atoms with E-state index in [0.29, 0.717) is 12.8 Å². The Bertz CT molecular complexity index is 1610. The Morgan fingerprint density at radius 2 is 0.514 bits per heavy atom. The molecule has 0 amide bonds. The van der Waals surface area contributed by atoms with Crippen molar-refractivity contribution in [1.29, 1.82) is 0 Å². The third-order valence-electron chi connectivity index (χ3n) is 14.0. The molecule has 22 saturated heterocycles. The largest absolute Gasteiger partial charge is 0.394 e. The summed E-state index contributed by atoms with van der Waals surface area (Å²) in [5, 5.41) is 188. The van der Waals surface area contributed by atoms with Crippen molar-refractivity contribution in [1.82, 2.24) is 0 Å². The molecule has 22 heterocycles. The van der Waals surface area contributed by atoms with E-state index in [9.17, 15) is 86.8 Å². The minimum atomic E-state index is -2.14. The van der Waals surface area contributed by atoms with Gasteiger partial charge in [-0.2, -0.15) is 0 Å². The summed E-state index contributed by atoms with van der Waals surface area (Å²) in [6, 6.07) is 0. The van der Waals surface area contributed by atoms with Crippen molar-refractivity contribution in [2.24, 2.45) is 0 Å². The first-order chi connectivity index (χ1) is 34.5. The van der Waals surface area contributed by atoms with Gasteiger partial charge in [0.2, 0.25) is 0 Å². The zero-order valence-corrected chi connectivity index (χ0v) is 39.0. The topological polar surface area (TPSA) is 464 Å². The van der Waals surface area contributed by atoms with Gasteiger partial charge >= 0.3 is 0 Å². The Balaban J connectivity index is 1.21. The summed E-state index contributed by atoms with van der Waals surface area (Å²) < 4.78 is 75.8. The average molecular weight is 1060 g/mol. The number of hydrogen-bond acceptors (Lipinski definition) is 30. The number of rotatable bonds is 12. The fourth-order valence-corrected chi connectivity index (χ4v) is 9.85. The predicted octanol–water partition coefficient (Wildman–Crippen LogP) is -10.5. The molecule has 0 spiro atoms. The van der Waals surface area contributed by atoms with E-state index in [-0.39, 0.29) is 6.61 Å². The van der Waals surface area contributed by atoms with Gasteiger partial charge in [0.15, 0.2) is 37.7 Å². The molecule has 30 nitrogen and oxygen atoms in total. The summed E-state index contributed by atoms with van der Waals surface area (Å²) in [5.41, 5.74) is 0. The normalized spacial score (nSPS) is 51.8. The second kappa shape index (κ2) is 26.0. The van der Waals surface area contributed by atoms with Crippen molar-refractivity contribution in [2.45, 2.75) is 217 Å². The SMILES string of the molecule is CCCCCCO[C@@H]1[C@@H](O)[C@H]2O[C@H]3[C@H](O)[C@@H](O)[C@@H](O[C@H]4[C@H](O)[C@@H](O)[C@@H](O[C@H]5[C@H](O)[C@@H](O)[C@@H](O[C@H]6[C@H](O)[C@@H](O)[C@@H](O[C@H]7[C@H](O)[C@@H](O)[C@@H](O[C@H]1[C@@H](CO)O2)O[C@@H]7CO)O[C@@H]6CO)O[C@@H]5CO)O[C@@H]4CO)O[C@@H]3CO. The van der Waals surface area contributed by atoms with Crippen LogP contribution in [-0.4, -0.2) is 317 Å². The molecule has 0 radical (unpaired) electrons. The van der Waals surface area contributed by atoms with Crippen LogP contribution in [0.4, 0.5) is 0 Å². The van der Waals surface area contributed by atoms with Gasteiger partial charge in [0, 0.05) is 6.61 Å². The number of unbranched alkanes of at least 4 members (excludes halogenated alkanes) is 3. The number of hydrogen-bond donors (Lipinski definition) is 17. The standard InChI is InChI=1S/C42H72O30/c1-2-3-4-5-6-60-36-29(59)42-66-18(12-48)35(36)72-41-28(58)23(53)33(16(10-46)65-41)70-39-26(56)21(51)31(14(8-44)63-39)68-37-24(54)19(49)30(13(7-43)61-37)67-38-25(55)20(50)32(15(9-45)62-38)69-40-27(57)22(52)34(71-42)17(11-47)64-40/h13-59H,2-12H2,1H3/t13-,14-,15-,16-,17-,18-,19-,20-,21-,22-,23-,24-,25-,26-,27-,28-,29-,30-,31-,32-,33-,34-,35+,36-,37-,38-,39-,40-,41-,42-/m1/s1. The molecular weight excluding hydrogens is 984 g/mol. The monoisotopic (exact) mass is 1060 g/mol. The minimum absolute atomic E-state index is 0.0199. The smallest absolute Gasteiger partial charge is 0.187 e. The molecule has 0 aromatic heterocycles. The van der Waals surface area contributed by atoms with Crippen LogP contribution in [-0.2, 0) is 61.6 Å². The molecule has 30 atom stereocenters. The van der Waals surface area contributed by atoms with Gasteiger partial charge in [0.05, 0.1) is 39.6 Å². The molecule has 0 unspecified atom stereocenters. The highest BCUT2D eigenvalue weighted by atomic mass is 16.8. The second-order valence-electron chi connectivity index (χ2n) is 18.7. The molecule has 72 heavy (non-hydrogen) atoms. The molecule has 0 aromatic rings. The highest BCUT2D eigenvalue weighted by Gasteiger charge is 2.59. The molecule has 22 fully saturated rings. The molecule has 420 valence electrons. The molecular formula is C42H72O30. The molecule has 30 heteroatoms. The Morgan fingerprint density at radius 3 is 0.764 bits per heavy atom. The van der Waals surface area contributed by atoms with E-state index in [1.54, 1.807) is 0 Å². The van der Waals surface area contributed by atoms with Crippen molar-refractivity contribution >= 4 is 0 Å². The lowest BCUT2D eigenvalue weighted by atomic mass is 9.94. The van der Waals surface area contributed by atoms with Gasteiger partial charge in [-0.15, -0.1) is 0 Å². The molecule has 0 saturated carbocycles. The Labute approximate surface area is 411 Å². The van der Waals surface area contributed by atoms with Crippen molar-refractivity contribution in [2.75, 3.05) is 46.2 Å². The minimum Gasteiger partial charge on any atom is -0.394 e. The van der Waals surface area contributed by atoms with Crippen LogP contribution < -0.4 is 0 Å². The van der Waals surface area contributed by atoms with Crippen molar-refractivity contribution in [3.8, 4) is 0 Å². The first-order valence-electron chi connectivity index (χ1n) is 24.1. The molecule has 22 rings (SSSR count). The molecule has 12 bridgehead atoms. The van der Waals surface area contributed by atoms with E-state index in [4.69, 9.17) is 61.6 Å². The Hall–Kier alpha value is -1.20. The maximum atomic E-state index is 11.8. The predicted molar refractivity (Wildman–Crippen MR) is 224 cm³/mol. The van der Waals surface area contributed by atoms with Crippen LogP contribution in [0.2, 0.25) is 0 Å². The molecule has 0 aromatic carbocycles. The van der Waals surface area contributed by atoms with Gasteiger partial charge in [-0.25, -0.2) is 0 Å². The number of aliphatic hydroxyl groups excluding tert-OH is 17. The van der Waals surface area contributed by atoms with Crippen LogP contribution in [0.3, 0.4) is 0 Å². The van der Waals surface area contributed by atoms with Crippen molar-refractivity contribution < 1.29 is 148 Å². The summed E-state index contributed by atoms with van der Waals surface area (Å²) in [5.74, 6) is 0. The fourth-order valence-electron chi connectivity index (χ4n) is 9.85. The Morgan fingerprint density at radius 1 is 0.278 bits per heavy atom. The van der Waals surface area contributed by atoms with E-state index in [2.05, 4.69) is 0 Å². The lowest BCUT2D eigenvalue weighted by molar-refractivity contribution is -0.404. The van der Waals surface area contributed by atoms with E-state index >= 15 is 0 Å². The lowest BCUT2D eigenvalue weighted by Gasteiger charge is -2.51. The highest BCUT2D eigenvalue weighted by molar-refractivity contribution is 5.01. The van der Waals surface area contributed by atoms with Gasteiger partial charge in [0.1, 0.15) is 146 Å². The quantitative estimate of drug-likeness (QED) is 0.0807. The van der Waals surface area contributed by atoms with Gasteiger partial charge in [-0.3, -0.25) is 0 Å². The molecule has 22 aliphatic heterocycles. The third kappa shape index (κ3) is 12.1. The van der Waals surface area contributed by atoms with Gasteiger partial charge in [-0.05, 0) is 6.42 Å². The number of aliphatic hydroxyl groups is 17. The zero-order valence-electron chi connectivity index (χ0n) is 39.0. The van der Waals surface area contributed by atoms with E-state index in [1.165, 1.54) is 0 Å². The molecule has 17 N–H and O–H groups in total. The van der Waals surface area contributed by atoms with Crippen LogP contribution in [0.5, 0.6) is 0 Å². The average Bonchev–Trinajstić information content (AvgIpc) is 3.37. The highest BCUT2D eigenvalue weighted by Crippen LogP contribution is 2.38. The third-order valence-corrected chi connectivity index (χ3v) is 14.0. The van der Waals surface area contributed by atoms with E-state index in [1.807, 2.05) is 6.92 Å². The van der Waals surface area contributed by atoms with Crippen molar-refractivity contribution in [3.63, 3.8) is 0 Å². The zero-order chi connectivity index (χ0) is 52.3. The molecule has 0 aliphatic carbocycles. The summed E-state index contributed by atoms with van der Waals surface area (Å²) >= 11 is 0. The summed E-state index contributed by atoms with van der Waals surface area (Å²) in [6.07, 6.45) is -53.8. The maximum Gasteiger partial charge on any atom is 0.187 e. The first-order valence-corrected chi connectivity index (χ1v) is 24.1. The number of ether oxygens (including phenoxy) is 13. The van der Waals surface area contributed by atoms with Gasteiger partial charge < -0.3 is 148 Å². The van der Waals surface area contributed by atoms with Gasteiger partial charge in [-0.1, -0.05) is 26.2 Å². The van der Waals surface area contributed by atoms with E-state index in [0.717, 1.165) is 12.8 Å². The van der Waals surface area contributed by atoms with Crippen LogP contribution >= 0.6 is 0 Å². The van der Waals surface area contributed by atoms with Crippen LogP contribution in [0.25, 0.3) is 0 Å². The summed E-state index contributed by atoms with van der Waals surface area (Å²) in [7, 11) is 0. The van der Waals surface area contributed by atoms with Gasteiger partial charge in [0.25, 0.3) is 0 Å². The summed E-state index contributed by atoms with van der Waals surface area (Å²) in [4.78, 5) is 0. The fraction of sp³-hybridized carbons (Fsp3) is 1.00. The van der Waals surface area contributed by atoms with Crippen molar-refractivity contribution in [3.05, 3.63) is 0 Å². The van der Waals surface area contributed by atoms with Crippen LogP contribution in [0, 0.1) is 0 Å². The van der Waals surface area contributed by atoms with E-state index < -0.39 is 224 Å². The first kappa shape index (κ1) is 58.5.